The first-order valence-corrected chi connectivity index (χ1v) is 6.60. The number of thiophene rings is 1. The van der Waals surface area contributed by atoms with Crippen LogP contribution in [0.2, 0.25) is 0 Å². The van der Waals surface area contributed by atoms with Gasteiger partial charge in [0.25, 0.3) is 0 Å². The highest BCUT2D eigenvalue weighted by atomic mass is 32.1. The molecule has 0 aliphatic carbocycles. The molecule has 6 heteroatoms. The van der Waals surface area contributed by atoms with Crippen LogP contribution in [-0.4, -0.2) is 22.7 Å². The van der Waals surface area contributed by atoms with E-state index in [0.717, 1.165) is 4.88 Å². The molecular formula is C12H14N2O3S. The first-order valence-electron chi connectivity index (χ1n) is 5.72. The average Bonchev–Trinajstić information content (AvgIpc) is 3.00. The molecular weight excluding hydrogens is 252 g/mol. The Labute approximate surface area is 109 Å². The predicted molar refractivity (Wildman–Crippen MR) is 66.5 cm³/mol. The summed E-state index contributed by atoms with van der Waals surface area (Å²) in [6.45, 7) is 3.81. The van der Waals surface area contributed by atoms with Crippen molar-refractivity contribution in [2.24, 2.45) is 0 Å². The largest absolute Gasteiger partial charge is 0.465 e. The highest BCUT2D eigenvalue weighted by molar-refractivity contribution is 7.09. The lowest BCUT2D eigenvalue weighted by Gasteiger charge is -2.04. The SMILES string of the molecule is CCOC(=O)C(C)c1nc(Cc2cccs2)no1. The zero-order valence-corrected chi connectivity index (χ0v) is 11.1. The molecule has 0 radical (unpaired) electrons. The zero-order valence-electron chi connectivity index (χ0n) is 10.3. The summed E-state index contributed by atoms with van der Waals surface area (Å²) in [4.78, 5) is 16.9. The fraction of sp³-hybridized carbons (Fsp3) is 0.417. The molecule has 0 spiro atoms. The molecule has 2 aromatic heterocycles. The van der Waals surface area contributed by atoms with Crippen LogP contribution in [0.1, 0.15) is 36.4 Å². The van der Waals surface area contributed by atoms with Crippen molar-refractivity contribution in [3.05, 3.63) is 34.1 Å². The van der Waals surface area contributed by atoms with Crippen LogP contribution in [0.3, 0.4) is 0 Å². The van der Waals surface area contributed by atoms with Gasteiger partial charge in [0.05, 0.1) is 6.61 Å². The lowest BCUT2D eigenvalue weighted by molar-refractivity contribution is -0.145. The Hall–Kier alpha value is -1.69. The summed E-state index contributed by atoms with van der Waals surface area (Å²) in [6, 6.07) is 3.98. The van der Waals surface area contributed by atoms with E-state index in [9.17, 15) is 4.79 Å². The summed E-state index contributed by atoms with van der Waals surface area (Å²) < 4.78 is 9.99. The van der Waals surface area contributed by atoms with Crippen LogP contribution in [0, 0.1) is 0 Å². The van der Waals surface area contributed by atoms with Gasteiger partial charge in [0.15, 0.2) is 5.82 Å². The van der Waals surface area contributed by atoms with Crippen molar-refractivity contribution in [2.75, 3.05) is 6.61 Å². The second kappa shape index (κ2) is 5.77. The number of hydrogen-bond donors (Lipinski definition) is 0. The Balaban J connectivity index is 2.03. The molecule has 1 atom stereocenters. The van der Waals surface area contributed by atoms with Gasteiger partial charge in [-0.25, -0.2) is 0 Å². The van der Waals surface area contributed by atoms with Crippen molar-refractivity contribution in [3.63, 3.8) is 0 Å². The van der Waals surface area contributed by atoms with Gasteiger partial charge in [-0.1, -0.05) is 11.2 Å². The Morgan fingerprint density at radius 2 is 2.44 bits per heavy atom. The molecule has 0 amide bonds. The van der Waals surface area contributed by atoms with E-state index in [0.29, 0.717) is 24.7 Å². The van der Waals surface area contributed by atoms with E-state index < -0.39 is 5.92 Å². The van der Waals surface area contributed by atoms with Gasteiger partial charge in [0, 0.05) is 11.3 Å². The number of hydrogen-bond acceptors (Lipinski definition) is 6. The average molecular weight is 266 g/mol. The number of carbonyl (C=O) groups excluding carboxylic acids is 1. The maximum Gasteiger partial charge on any atom is 0.318 e. The topological polar surface area (TPSA) is 65.2 Å². The van der Waals surface area contributed by atoms with Crippen molar-refractivity contribution < 1.29 is 14.1 Å². The van der Waals surface area contributed by atoms with E-state index in [1.807, 2.05) is 17.5 Å². The van der Waals surface area contributed by atoms with Crippen LogP contribution in [-0.2, 0) is 16.0 Å². The van der Waals surface area contributed by atoms with Crippen LogP contribution in [0.15, 0.2) is 22.0 Å². The van der Waals surface area contributed by atoms with Crippen molar-refractivity contribution in [3.8, 4) is 0 Å². The molecule has 0 saturated heterocycles. The molecule has 18 heavy (non-hydrogen) atoms. The normalized spacial score (nSPS) is 12.3. The highest BCUT2D eigenvalue weighted by Crippen LogP contribution is 2.17. The number of rotatable bonds is 5. The van der Waals surface area contributed by atoms with Gasteiger partial charge in [0.1, 0.15) is 5.92 Å². The van der Waals surface area contributed by atoms with Crippen molar-refractivity contribution in [1.29, 1.82) is 0 Å². The highest BCUT2D eigenvalue weighted by Gasteiger charge is 2.23. The molecule has 2 heterocycles. The molecule has 2 rings (SSSR count). The number of carbonyl (C=O) groups is 1. The Morgan fingerprint density at radius 1 is 1.61 bits per heavy atom. The summed E-state index contributed by atoms with van der Waals surface area (Å²) in [5.41, 5.74) is 0. The van der Waals surface area contributed by atoms with E-state index in [1.54, 1.807) is 25.2 Å². The quantitative estimate of drug-likeness (QED) is 0.777. The molecule has 0 bridgehead atoms. The molecule has 2 aromatic rings. The van der Waals surface area contributed by atoms with Crippen LogP contribution in [0.5, 0.6) is 0 Å². The lowest BCUT2D eigenvalue weighted by Crippen LogP contribution is -2.13. The van der Waals surface area contributed by atoms with Gasteiger partial charge < -0.3 is 9.26 Å². The van der Waals surface area contributed by atoms with Gasteiger partial charge in [0.2, 0.25) is 5.89 Å². The molecule has 0 saturated carbocycles. The van der Waals surface area contributed by atoms with Crippen LogP contribution in [0.4, 0.5) is 0 Å². The summed E-state index contributed by atoms with van der Waals surface area (Å²) in [7, 11) is 0. The summed E-state index contributed by atoms with van der Waals surface area (Å²) in [6.07, 6.45) is 0.622. The smallest absolute Gasteiger partial charge is 0.318 e. The van der Waals surface area contributed by atoms with Gasteiger partial charge in [-0.15, -0.1) is 11.3 Å². The van der Waals surface area contributed by atoms with Gasteiger partial charge in [-0.3, -0.25) is 4.79 Å². The molecule has 0 aliphatic heterocycles. The van der Waals surface area contributed by atoms with Crippen molar-refractivity contribution >= 4 is 17.3 Å². The minimum Gasteiger partial charge on any atom is -0.465 e. The van der Waals surface area contributed by atoms with E-state index in [2.05, 4.69) is 10.1 Å². The zero-order chi connectivity index (χ0) is 13.0. The number of ether oxygens (including phenoxy) is 1. The third-order valence-corrected chi connectivity index (χ3v) is 3.28. The Kier molecular flexibility index (Phi) is 4.09. The summed E-state index contributed by atoms with van der Waals surface area (Å²) in [5.74, 6) is 0.0296. The molecule has 0 aliphatic rings. The molecule has 5 nitrogen and oxygen atoms in total. The molecule has 96 valence electrons. The first-order chi connectivity index (χ1) is 8.70. The number of aromatic nitrogens is 2. The second-order valence-electron chi connectivity index (χ2n) is 3.78. The lowest BCUT2D eigenvalue weighted by atomic mass is 10.2. The van der Waals surface area contributed by atoms with E-state index in [4.69, 9.17) is 9.26 Å². The Bertz CT molecular complexity index is 507. The monoisotopic (exact) mass is 266 g/mol. The van der Waals surface area contributed by atoms with E-state index in [-0.39, 0.29) is 5.97 Å². The standard InChI is InChI=1S/C12H14N2O3S/c1-3-16-12(15)8(2)11-13-10(14-17-11)7-9-5-4-6-18-9/h4-6,8H,3,7H2,1-2H3. The maximum atomic E-state index is 11.5. The summed E-state index contributed by atoms with van der Waals surface area (Å²) >= 11 is 1.64. The second-order valence-corrected chi connectivity index (χ2v) is 4.81. The predicted octanol–water partition coefficient (Wildman–Crippen LogP) is 2.39. The number of esters is 1. The van der Waals surface area contributed by atoms with Gasteiger partial charge >= 0.3 is 5.97 Å². The van der Waals surface area contributed by atoms with Crippen LogP contribution >= 0.6 is 11.3 Å². The first kappa shape index (κ1) is 12.8. The summed E-state index contributed by atoms with van der Waals surface area (Å²) in [5, 5.41) is 5.87. The van der Waals surface area contributed by atoms with Crippen LogP contribution < -0.4 is 0 Å². The van der Waals surface area contributed by atoms with Gasteiger partial charge in [-0.05, 0) is 25.3 Å². The van der Waals surface area contributed by atoms with E-state index in [1.165, 1.54) is 0 Å². The molecule has 0 aromatic carbocycles. The maximum absolute atomic E-state index is 11.5. The van der Waals surface area contributed by atoms with E-state index >= 15 is 0 Å². The molecule has 0 fully saturated rings. The fourth-order valence-corrected chi connectivity index (χ4v) is 2.15. The number of nitrogens with zero attached hydrogens (tertiary/aromatic N) is 2. The Morgan fingerprint density at radius 3 is 3.11 bits per heavy atom. The fourth-order valence-electron chi connectivity index (χ4n) is 1.45. The molecule has 0 N–H and O–H groups in total. The minimum absolute atomic E-state index is 0.306. The molecule has 1 unspecified atom stereocenters. The minimum atomic E-state index is -0.519. The van der Waals surface area contributed by atoms with Crippen LogP contribution in [0.25, 0.3) is 0 Å². The van der Waals surface area contributed by atoms with Crippen molar-refractivity contribution in [1.82, 2.24) is 10.1 Å². The van der Waals surface area contributed by atoms with Crippen molar-refractivity contribution in [2.45, 2.75) is 26.2 Å². The third kappa shape index (κ3) is 2.95. The third-order valence-electron chi connectivity index (χ3n) is 2.41. The van der Waals surface area contributed by atoms with Gasteiger partial charge in [-0.2, -0.15) is 4.98 Å².